The van der Waals surface area contributed by atoms with Gasteiger partial charge in [-0.3, -0.25) is 4.79 Å². The van der Waals surface area contributed by atoms with Crippen LogP contribution in [0.15, 0.2) is 23.7 Å². The first-order chi connectivity index (χ1) is 10.0. The Morgan fingerprint density at radius 2 is 2.29 bits per heavy atom. The van der Waals surface area contributed by atoms with Gasteiger partial charge in [-0.2, -0.15) is 0 Å². The molecule has 0 aliphatic carbocycles. The Balaban J connectivity index is 1.81. The van der Waals surface area contributed by atoms with Crippen LogP contribution in [-0.2, 0) is 10.5 Å². The molecule has 110 valence electrons. The molecular weight excluding hydrogens is 310 g/mol. The number of nitrogens with one attached hydrogen (secondary N) is 1. The molecule has 0 radical (unpaired) electrons. The van der Waals surface area contributed by atoms with Gasteiger partial charge in [-0.15, -0.1) is 23.1 Å². The molecule has 0 aliphatic heterocycles. The van der Waals surface area contributed by atoms with E-state index >= 15 is 0 Å². The molecule has 0 unspecified atom stereocenters. The molecule has 2 aromatic rings. The number of nitrogens with zero attached hydrogens (tertiary/aromatic N) is 2. The summed E-state index contributed by atoms with van der Waals surface area (Å²) in [4.78, 5) is 30.6. The summed E-state index contributed by atoms with van der Waals surface area (Å²) >= 11 is 3.04. The number of carbonyl (C=O) groups excluding carboxylic acids is 1. The number of pyridine rings is 1. The van der Waals surface area contributed by atoms with E-state index in [0.29, 0.717) is 11.4 Å². The van der Waals surface area contributed by atoms with Crippen LogP contribution in [0.2, 0.25) is 0 Å². The van der Waals surface area contributed by atoms with Gasteiger partial charge in [-0.25, -0.2) is 14.8 Å². The number of thioether (sulfide) groups is 1. The summed E-state index contributed by atoms with van der Waals surface area (Å²) in [7, 11) is 0. The van der Waals surface area contributed by atoms with E-state index in [-0.39, 0.29) is 17.4 Å². The Bertz CT molecular complexity index is 658. The number of carboxylic acids is 1. The number of aryl methyl sites for hydroxylation is 1. The van der Waals surface area contributed by atoms with Crippen LogP contribution in [0.1, 0.15) is 21.2 Å². The summed E-state index contributed by atoms with van der Waals surface area (Å²) in [5, 5.41) is 14.5. The average Bonchev–Trinajstić information content (AvgIpc) is 2.84. The van der Waals surface area contributed by atoms with Crippen LogP contribution in [0.5, 0.6) is 0 Å². The van der Waals surface area contributed by atoms with Gasteiger partial charge in [0.25, 0.3) is 0 Å². The van der Waals surface area contributed by atoms with Crippen LogP contribution in [0, 0.1) is 6.92 Å². The number of amides is 1. The number of aromatic nitrogens is 2. The lowest BCUT2D eigenvalue weighted by Crippen LogP contribution is -2.15. The minimum Gasteiger partial charge on any atom is -0.477 e. The molecule has 0 fully saturated rings. The zero-order valence-corrected chi connectivity index (χ0v) is 12.8. The summed E-state index contributed by atoms with van der Waals surface area (Å²) in [5.41, 5.74) is 1.29. The molecule has 6 nitrogen and oxygen atoms in total. The van der Waals surface area contributed by atoms with Gasteiger partial charge >= 0.3 is 5.97 Å². The molecule has 0 spiro atoms. The lowest BCUT2D eigenvalue weighted by molar-refractivity contribution is -0.113. The van der Waals surface area contributed by atoms with Crippen molar-refractivity contribution in [3.05, 3.63) is 40.1 Å². The second kappa shape index (κ2) is 7.19. The Kier molecular flexibility index (Phi) is 5.29. The Morgan fingerprint density at radius 3 is 2.95 bits per heavy atom. The molecule has 0 saturated heterocycles. The lowest BCUT2D eigenvalue weighted by Gasteiger charge is -2.05. The van der Waals surface area contributed by atoms with E-state index in [9.17, 15) is 9.59 Å². The van der Waals surface area contributed by atoms with Gasteiger partial charge in [0.05, 0.1) is 16.5 Å². The number of hydrogen-bond acceptors (Lipinski definition) is 6. The Labute approximate surface area is 129 Å². The third kappa shape index (κ3) is 4.83. The molecule has 0 aliphatic rings. The summed E-state index contributed by atoms with van der Waals surface area (Å²) in [5.74, 6) is -0.357. The molecule has 1 amide bonds. The van der Waals surface area contributed by atoms with Crippen molar-refractivity contribution in [2.45, 2.75) is 12.7 Å². The summed E-state index contributed by atoms with van der Waals surface area (Å²) < 4.78 is 0. The SMILES string of the molecule is Cc1nc(CSCC(=O)Nc2ccnc(C(=O)O)c2)cs1. The standard InChI is InChI=1S/C13H13N3O3S2/c1-8-15-10(6-21-8)5-20-7-12(17)16-9-2-3-14-11(4-9)13(18)19/h2-4,6H,5,7H2,1H3,(H,18,19)(H,14,16,17). The molecule has 21 heavy (non-hydrogen) atoms. The van der Waals surface area contributed by atoms with E-state index in [1.807, 2.05) is 12.3 Å². The van der Waals surface area contributed by atoms with Gasteiger partial charge in [0.15, 0.2) is 0 Å². The molecule has 8 heteroatoms. The fourth-order valence-electron chi connectivity index (χ4n) is 1.55. The Morgan fingerprint density at radius 1 is 1.48 bits per heavy atom. The highest BCUT2D eigenvalue weighted by Gasteiger charge is 2.08. The predicted molar refractivity (Wildman–Crippen MR) is 82.8 cm³/mol. The molecule has 2 N–H and O–H groups in total. The van der Waals surface area contributed by atoms with E-state index in [1.165, 1.54) is 24.0 Å². The molecule has 0 atom stereocenters. The summed E-state index contributed by atoms with van der Waals surface area (Å²) in [6, 6.07) is 2.88. The fourth-order valence-corrected chi connectivity index (χ4v) is 2.98. The molecular formula is C13H13N3O3S2. The van der Waals surface area contributed by atoms with Crippen molar-refractivity contribution >= 4 is 40.7 Å². The van der Waals surface area contributed by atoms with E-state index in [4.69, 9.17) is 5.11 Å². The van der Waals surface area contributed by atoms with E-state index < -0.39 is 5.97 Å². The van der Waals surface area contributed by atoms with Crippen LogP contribution in [0.3, 0.4) is 0 Å². The minimum absolute atomic E-state index is 0.0987. The summed E-state index contributed by atoms with van der Waals surface area (Å²) in [6.07, 6.45) is 1.35. The number of thiazole rings is 1. The molecule has 0 aromatic carbocycles. The van der Waals surface area contributed by atoms with Crippen molar-refractivity contribution in [1.29, 1.82) is 0 Å². The maximum Gasteiger partial charge on any atom is 0.354 e. The molecule has 2 aromatic heterocycles. The van der Waals surface area contributed by atoms with Crippen molar-refractivity contribution < 1.29 is 14.7 Å². The van der Waals surface area contributed by atoms with E-state index in [0.717, 1.165) is 10.7 Å². The van der Waals surface area contributed by atoms with Crippen LogP contribution in [-0.4, -0.2) is 32.7 Å². The molecule has 2 heterocycles. The normalized spacial score (nSPS) is 10.3. The highest BCUT2D eigenvalue weighted by molar-refractivity contribution is 7.99. The zero-order chi connectivity index (χ0) is 15.2. The maximum atomic E-state index is 11.8. The largest absolute Gasteiger partial charge is 0.477 e. The second-order valence-electron chi connectivity index (χ2n) is 4.13. The van der Waals surface area contributed by atoms with Gasteiger partial charge in [0.1, 0.15) is 5.69 Å². The van der Waals surface area contributed by atoms with Gasteiger partial charge in [0.2, 0.25) is 5.91 Å². The minimum atomic E-state index is -1.13. The molecule has 0 bridgehead atoms. The van der Waals surface area contributed by atoms with Crippen LogP contribution in [0.25, 0.3) is 0 Å². The fraction of sp³-hybridized carbons (Fsp3) is 0.231. The van der Waals surface area contributed by atoms with Crippen molar-refractivity contribution in [2.75, 3.05) is 11.1 Å². The third-order valence-corrected chi connectivity index (χ3v) is 4.20. The van der Waals surface area contributed by atoms with E-state index in [2.05, 4.69) is 15.3 Å². The average molecular weight is 323 g/mol. The highest BCUT2D eigenvalue weighted by atomic mass is 32.2. The number of carboxylic acid groups (broad SMARTS) is 1. The van der Waals surface area contributed by atoms with Crippen molar-refractivity contribution in [3.8, 4) is 0 Å². The van der Waals surface area contributed by atoms with Crippen molar-refractivity contribution in [1.82, 2.24) is 9.97 Å². The van der Waals surface area contributed by atoms with Crippen LogP contribution < -0.4 is 5.32 Å². The quantitative estimate of drug-likeness (QED) is 0.848. The molecule has 2 rings (SSSR count). The van der Waals surface area contributed by atoms with Gasteiger partial charge in [0, 0.05) is 23.0 Å². The monoisotopic (exact) mass is 323 g/mol. The Hall–Kier alpha value is -1.93. The number of rotatable bonds is 6. The number of aromatic carboxylic acids is 1. The zero-order valence-electron chi connectivity index (χ0n) is 11.2. The first-order valence-corrected chi connectivity index (χ1v) is 8.06. The highest BCUT2D eigenvalue weighted by Crippen LogP contribution is 2.15. The first-order valence-electron chi connectivity index (χ1n) is 6.02. The maximum absolute atomic E-state index is 11.8. The summed E-state index contributed by atoms with van der Waals surface area (Å²) in [6.45, 7) is 1.94. The van der Waals surface area contributed by atoms with Crippen LogP contribution >= 0.6 is 23.1 Å². The lowest BCUT2D eigenvalue weighted by atomic mass is 10.3. The number of carbonyl (C=O) groups is 2. The topological polar surface area (TPSA) is 92.2 Å². The first kappa shape index (κ1) is 15.5. The van der Waals surface area contributed by atoms with Gasteiger partial charge < -0.3 is 10.4 Å². The third-order valence-electron chi connectivity index (χ3n) is 2.41. The van der Waals surface area contributed by atoms with Gasteiger partial charge in [-0.1, -0.05) is 0 Å². The van der Waals surface area contributed by atoms with Gasteiger partial charge in [-0.05, 0) is 19.1 Å². The number of anilines is 1. The molecule has 0 saturated carbocycles. The number of hydrogen-bond donors (Lipinski definition) is 2. The smallest absolute Gasteiger partial charge is 0.354 e. The van der Waals surface area contributed by atoms with E-state index in [1.54, 1.807) is 17.4 Å². The second-order valence-corrected chi connectivity index (χ2v) is 6.18. The van der Waals surface area contributed by atoms with Crippen LogP contribution in [0.4, 0.5) is 5.69 Å². The van der Waals surface area contributed by atoms with Crippen molar-refractivity contribution in [3.63, 3.8) is 0 Å². The predicted octanol–water partition coefficient (Wildman–Crippen LogP) is 2.42. The van der Waals surface area contributed by atoms with Crippen molar-refractivity contribution in [2.24, 2.45) is 0 Å².